The highest BCUT2D eigenvalue weighted by molar-refractivity contribution is 9.10. The van der Waals surface area contributed by atoms with Gasteiger partial charge in [-0.05, 0) is 34.3 Å². The summed E-state index contributed by atoms with van der Waals surface area (Å²) in [4.78, 5) is 1.27. The molecule has 2 rings (SSSR count). The lowest BCUT2D eigenvalue weighted by molar-refractivity contribution is 0.394. The van der Waals surface area contributed by atoms with E-state index in [1.54, 1.807) is 25.6 Å². The molecule has 0 radical (unpaired) electrons. The number of rotatable bonds is 5. The maximum absolute atomic E-state index is 5.27. The molecule has 0 saturated heterocycles. The number of hydrogen-bond donors (Lipinski definition) is 1. The minimum Gasteiger partial charge on any atom is -0.497 e. The molecule has 1 N–H and O–H groups in total. The number of thiophene rings is 1. The molecule has 1 unspecified atom stereocenters. The zero-order valence-electron chi connectivity index (χ0n) is 11.1. The smallest absolute Gasteiger partial charge is 0.124 e. The van der Waals surface area contributed by atoms with E-state index < -0.39 is 0 Å². The Bertz CT molecular complexity index is 534. The standard InChI is InChI=1S/C14H16BrNO2S/c1-9(14-13(15)4-5-19-14)16-10-6-11(17-2)8-12(7-10)18-3/h4-9,16H,1-3H3. The van der Waals surface area contributed by atoms with E-state index in [1.165, 1.54) is 4.88 Å². The maximum Gasteiger partial charge on any atom is 0.124 e. The van der Waals surface area contributed by atoms with Crippen LogP contribution in [0, 0.1) is 0 Å². The van der Waals surface area contributed by atoms with Crippen LogP contribution in [0.2, 0.25) is 0 Å². The molecule has 102 valence electrons. The summed E-state index contributed by atoms with van der Waals surface area (Å²) in [5.74, 6) is 1.55. The summed E-state index contributed by atoms with van der Waals surface area (Å²) in [6.45, 7) is 2.13. The zero-order chi connectivity index (χ0) is 13.8. The molecule has 0 spiro atoms. The lowest BCUT2D eigenvalue weighted by Gasteiger charge is -2.16. The van der Waals surface area contributed by atoms with Gasteiger partial charge in [-0.1, -0.05) is 0 Å². The Morgan fingerprint density at radius 1 is 1.16 bits per heavy atom. The number of ether oxygens (including phenoxy) is 2. The molecule has 1 atom stereocenters. The monoisotopic (exact) mass is 341 g/mol. The Labute approximate surface area is 125 Å². The Hall–Kier alpha value is -1.20. The molecule has 3 nitrogen and oxygen atoms in total. The van der Waals surface area contributed by atoms with Crippen LogP contribution in [0.1, 0.15) is 17.8 Å². The fourth-order valence-electron chi connectivity index (χ4n) is 1.82. The van der Waals surface area contributed by atoms with Gasteiger partial charge in [-0.3, -0.25) is 0 Å². The molecular weight excluding hydrogens is 326 g/mol. The van der Waals surface area contributed by atoms with Gasteiger partial charge in [0.2, 0.25) is 0 Å². The van der Waals surface area contributed by atoms with E-state index in [0.717, 1.165) is 21.7 Å². The van der Waals surface area contributed by atoms with Gasteiger partial charge in [0, 0.05) is 33.2 Å². The average molecular weight is 342 g/mol. The third kappa shape index (κ3) is 3.42. The first-order valence-electron chi connectivity index (χ1n) is 5.86. The summed E-state index contributed by atoms with van der Waals surface area (Å²) in [7, 11) is 3.30. The third-order valence-corrected chi connectivity index (χ3v) is 4.83. The van der Waals surface area contributed by atoms with Crippen molar-refractivity contribution in [3.63, 3.8) is 0 Å². The molecule has 5 heteroatoms. The Kier molecular flexibility index (Phi) is 4.71. The van der Waals surface area contributed by atoms with Gasteiger partial charge in [-0.15, -0.1) is 11.3 Å². The van der Waals surface area contributed by atoms with Crippen LogP contribution in [0.3, 0.4) is 0 Å². The molecule has 0 aliphatic carbocycles. The van der Waals surface area contributed by atoms with Gasteiger partial charge in [0.25, 0.3) is 0 Å². The minimum absolute atomic E-state index is 0.214. The van der Waals surface area contributed by atoms with Crippen molar-refractivity contribution in [2.45, 2.75) is 13.0 Å². The molecular formula is C14H16BrNO2S. The van der Waals surface area contributed by atoms with Gasteiger partial charge < -0.3 is 14.8 Å². The van der Waals surface area contributed by atoms with Gasteiger partial charge in [0.05, 0.1) is 20.3 Å². The first-order valence-corrected chi connectivity index (χ1v) is 7.53. The quantitative estimate of drug-likeness (QED) is 0.854. The van der Waals surface area contributed by atoms with Crippen molar-refractivity contribution in [1.29, 1.82) is 0 Å². The second-order valence-electron chi connectivity index (χ2n) is 4.10. The van der Waals surface area contributed by atoms with Crippen LogP contribution in [0.5, 0.6) is 11.5 Å². The molecule has 0 aliphatic heterocycles. The topological polar surface area (TPSA) is 30.5 Å². The SMILES string of the molecule is COc1cc(NC(C)c2sccc2Br)cc(OC)c1. The van der Waals surface area contributed by atoms with Crippen molar-refractivity contribution < 1.29 is 9.47 Å². The predicted octanol–water partition coefficient (Wildman–Crippen LogP) is 4.70. The van der Waals surface area contributed by atoms with Crippen LogP contribution in [0.25, 0.3) is 0 Å². The lowest BCUT2D eigenvalue weighted by Crippen LogP contribution is -2.05. The average Bonchev–Trinajstić information content (AvgIpc) is 2.84. The highest BCUT2D eigenvalue weighted by Crippen LogP contribution is 2.33. The lowest BCUT2D eigenvalue weighted by atomic mass is 10.2. The van der Waals surface area contributed by atoms with Crippen LogP contribution in [0.15, 0.2) is 34.1 Å². The molecule has 2 aromatic rings. The number of halogens is 1. The van der Waals surface area contributed by atoms with Crippen LogP contribution in [-0.2, 0) is 0 Å². The van der Waals surface area contributed by atoms with Crippen molar-refractivity contribution >= 4 is 33.0 Å². The van der Waals surface area contributed by atoms with E-state index in [2.05, 4.69) is 39.6 Å². The summed E-state index contributed by atoms with van der Waals surface area (Å²) in [5.41, 5.74) is 0.976. The highest BCUT2D eigenvalue weighted by Gasteiger charge is 2.11. The summed E-state index contributed by atoms with van der Waals surface area (Å²) in [6.07, 6.45) is 0. The van der Waals surface area contributed by atoms with Crippen LogP contribution in [-0.4, -0.2) is 14.2 Å². The van der Waals surface area contributed by atoms with E-state index in [1.807, 2.05) is 18.2 Å². The second kappa shape index (κ2) is 6.30. The number of hydrogen-bond acceptors (Lipinski definition) is 4. The van der Waals surface area contributed by atoms with Crippen molar-refractivity contribution in [2.75, 3.05) is 19.5 Å². The molecule has 1 heterocycles. The summed E-state index contributed by atoms with van der Waals surface area (Å²) in [6, 6.07) is 8.05. The van der Waals surface area contributed by atoms with E-state index in [0.29, 0.717) is 0 Å². The Morgan fingerprint density at radius 3 is 2.26 bits per heavy atom. The number of nitrogens with one attached hydrogen (secondary N) is 1. The largest absolute Gasteiger partial charge is 0.497 e. The Morgan fingerprint density at radius 2 is 1.79 bits per heavy atom. The van der Waals surface area contributed by atoms with Gasteiger partial charge in [-0.2, -0.15) is 0 Å². The predicted molar refractivity (Wildman–Crippen MR) is 83.6 cm³/mol. The summed E-state index contributed by atoms with van der Waals surface area (Å²) < 4.78 is 11.7. The fourth-order valence-corrected chi connectivity index (χ4v) is 3.55. The fraction of sp³-hybridized carbons (Fsp3) is 0.286. The van der Waals surface area contributed by atoms with Crippen molar-refractivity contribution in [2.24, 2.45) is 0 Å². The Balaban J connectivity index is 2.21. The van der Waals surface area contributed by atoms with E-state index in [4.69, 9.17) is 9.47 Å². The molecule has 0 aliphatic rings. The number of benzene rings is 1. The first-order chi connectivity index (χ1) is 9.13. The van der Waals surface area contributed by atoms with E-state index >= 15 is 0 Å². The molecule has 1 aromatic carbocycles. The van der Waals surface area contributed by atoms with Gasteiger partial charge in [0.15, 0.2) is 0 Å². The third-order valence-electron chi connectivity index (χ3n) is 2.77. The summed E-state index contributed by atoms with van der Waals surface area (Å²) in [5, 5.41) is 5.53. The van der Waals surface area contributed by atoms with Crippen molar-refractivity contribution in [3.8, 4) is 11.5 Å². The van der Waals surface area contributed by atoms with Gasteiger partial charge >= 0.3 is 0 Å². The zero-order valence-corrected chi connectivity index (χ0v) is 13.5. The number of anilines is 1. The minimum atomic E-state index is 0.214. The van der Waals surface area contributed by atoms with Crippen LogP contribution >= 0.6 is 27.3 Å². The van der Waals surface area contributed by atoms with Crippen molar-refractivity contribution in [3.05, 3.63) is 39.0 Å². The van der Waals surface area contributed by atoms with E-state index in [9.17, 15) is 0 Å². The molecule has 0 fully saturated rings. The number of methoxy groups -OCH3 is 2. The van der Waals surface area contributed by atoms with Gasteiger partial charge in [-0.25, -0.2) is 0 Å². The first kappa shape index (κ1) is 14.2. The van der Waals surface area contributed by atoms with Gasteiger partial charge in [0.1, 0.15) is 11.5 Å². The molecule has 0 saturated carbocycles. The maximum atomic E-state index is 5.27. The highest BCUT2D eigenvalue weighted by atomic mass is 79.9. The van der Waals surface area contributed by atoms with Crippen LogP contribution < -0.4 is 14.8 Å². The molecule has 0 bridgehead atoms. The second-order valence-corrected chi connectivity index (χ2v) is 5.90. The molecule has 19 heavy (non-hydrogen) atoms. The summed E-state index contributed by atoms with van der Waals surface area (Å²) >= 11 is 5.28. The molecule has 0 amide bonds. The van der Waals surface area contributed by atoms with Crippen LogP contribution in [0.4, 0.5) is 5.69 Å². The van der Waals surface area contributed by atoms with Crippen molar-refractivity contribution in [1.82, 2.24) is 0 Å². The van der Waals surface area contributed by atoms with E-state index in [-0.39, 0.29) is 6.04 Å². The molecule has 1 aromatic heterocycles. The normalized spacial score (nSPS) is 12.0.